The topological polar surface area (TPSA) is 32.3 Å². The molecule has 0 aliphatic carbocycles. The van der Waals surface area contributed by atoms with Crippen molar-refractivity contribution in [2.45, 2.75) is 19.4 Å². The summed E-state index contributed by atoms with van der Waals surface area (Å²) in [5, 5.41) is 1.16. The number of rotatable bonds is 5. The molecule has 2 heterocycles. The Hall–Kier alpha value is -1.33. The van der Waals surface area contributed by atoms with Crippen LogP contribution in [-0.4, -0.2) is 59.1 Å². The molecular weight excluding hydrogens is 292 g/mol. The molecule has 5 heteroatoms. The molecular formula is C17H24N4S. The molecule has 0 saturated carbocycles. The molecule has 2 aromatic rings. The van der Waals surface area contributed by atoms with Crippen LogP contribution in [0.4, 0.5) is 5.82 Å². The van der Waals surface area contributed by atoms with Crippen LogP contribution in [0.3, 0.4) is 0 Å². The van der Waals surface area contributed by atoms with Crippen molar-refractivity contribution in [3.63, 3.8) is 0 Å². The first-order chi connectivity index (χ1) is 10.8. The van der Waals surface area contributed by atoms with Crippen LogP contribution in [0.25, 0.3) is 10.9 Å². The number of anilines is 1. The lowest BCUT2D eigenvalue weighted by Crippen LogP contribution is -2.50. The van der Waals surface area contributed by atoms with Gasteiger partial charge in [0.1, 0.15) is 12.1 Å². The van der Waals surface area contributed by atoms with E-state index in [-0.39, 0.29) is 0 Å². The fourth-order valence-electron chi connectivity index (χ4n) is 3.09. The number of hydrogen-bond acceptors (Lipinski definition) is 5. The second kappa shape index (κ2) is 7.29. The van der Waals surface area contributed by atoms with Crippen LogP contribution >= 0.6 is 11.8 Å². The number of thioether (sulfide) groups is 1. The summed E-state index contributed by atoms with van der Waals surface area (Å²) in [6.45, 7) is 6.68. The summed E-state index contributed by atoms with van der Waals surface area (Å²) < 4.78 is 0. The van der Waals surface area contributed by atoms with Gasteiger partial charge in [-0.2, -0.15) is 11.8 Å². The van der Waals surface area contributed by atoms with E-state index in [1.54, 1.807) is 6.33 Å². The Kier molecular flexibility index (Phi) is 5.16. The minimum absolute atomic E-state index is 0.678. The molecule has 0 spiro atoms. The van der Waals surface area contributed by atoms with Crippen molar-refractivity contribution in [1.82, 2.24) is 14.9 Å². The van der Waals surface area contributed by atoms with Crippen molar-refractivity contribution in [2.24, 2.45) is 0 Å². The van der Waals surface area contributed by atoms with Gasteiger partial charge in [-0.05, 0) is 37.5 Å². The molecule has 1 aliphatic heterocycles. The van der Waals surface area contributed by atoms with E-state index in [4.69, 9.17) is 0 Å². The highest BCUT2D eigenvalue weighted by Crippen LogP contribution is 2.24. The van der Waals surface area contributed by atoms with Gasteiger partial charge in [-0.3, -0.25) is 4.90 Å². The molecule has 4 nitrogen and oxygen atoms in total. The van der Waals surface area contributed by atoms with Gasteiger partial charge in [0.05, 0.1) is 5.52 Å². The molecule has 118 valence electrons. The number of nitrogens with zero attached hydrogens (tertiary/aromatic N) is 4. The van der Waals surface area contributed by atoms with Crippen LogP contribution in [0.5, 0.6) is 0 Å². The molecule has 1 aromatic carbocycles. The van der Waals surface area contributed by atoms with E-state index in [0.29, 0.717) is 6.04 Å². The molecule has 1 fully saturated rings. The molecule has 1 aliphatic rings. The van der Waals surface area contributed by atoms with E-state index < -0.39 is 0 Å². The van der Waals surface area contributed by atoms with E-state index in [1.807, 2.05) is 17.8 Å². The zero-order chi connectivity index (χ0) is 15.4. The number of para-hydroxylation sites is 1. The smallest absolute Gasteiger partial charge is 0.139 e. The fourth-order valence-corrected chi connectivity index (χ4v) is 3.66. The van der Waals surface area contributed by atoms with E-state index in [0.717, 1.165) is 42.9 Å². The maximum absolute atomic E-state index is 4.54. The third-order valence-corrected chi connectivity index (χ3v) is 5.14. The van der Waals surface area contributed by atoms with Crippen LogP contribution in [0.15, 0.2) is 30.6 Å². The summed E-state index contributed by atoms with van der Waals surface area (Å²) in [6, 6.07) is 8.96. The lowest BCUT2D eigenvalue weighted by molar-refractivity contribution is 0.193. The standard InChI is InChI=1S/C17H24N4S/c1-14(7-12-22-2)20-8-10-21(11-9-20)17-15-5-3-4-6-16(15)18-13-19-17/h3-6,13-14H,7-12H2,1-2H3/t14-/m0/s1. The van der Waals surface area contributed by atoms with Gasteiger partial charge in [-0.1, -0.05) is 12.1 Å². The monoisotopic (exact) mass is 316 g/mol. The molecule has 1 aromatic heterocycles. The maximum atomic E-state index is 4.54. The quantitative estimate of drug-likeness (QED) is 0.847. The second-order valence-corrected chi connectivity index (χ2v) is 6.85. The molecule has 0 amide bonds. The van der Waals surface area contributed by atoms with Gasteiger partial charge in [-0.15, -0.1) is 0 Å². The molecule has 0 bridgehead atoms. The lowest BCUT2D eigenvalue weighted by Gasteiger charge is -2.38. The zero-order valence-corrected chi connectivity index (χ0v) is 14.2. The first-order valence-corrected chi connectivity index (χ1v) is 9.36. The molecule has 0 N–H and O–H groups in total. The lowest BCUT2D eigenvalue weighted by atomic mass is 10.1. The Morgan fingerprint density at radius 2 is 1.91 bits per heavy atom. The third-order valence-electron chi connectivity index (χ3n) is 4.50. The summed E-state index contributed by atoms with van der Waals surface area (Å²) in [5.41, 5.74) is 1.03. The minimum Gasteiger partial charge on any atom is -0.353 e. The average molecular weight is 316 g/mol. The molecule has 3 rings (SSSR count). The molecule has 22 heavy (non-hydrogen) atoms. The van der Waals surface area contributed by atoms with E-state index in [2.05, 4.69) is 51.1 Å². The highest BCUT2D eigenvalue weighted by molar-refractivity contribution is 7.98. The summed E-state index contributed by atoms with van der Waals surface area (Å²) in [7, 11) is 0. The van der Waals surface area contributed by atoms with Gasteiger partial charge in [0, 0.05) is 37.6 Å². The summed E-state index contributed by atoms with van der Waals surface area (Å²) in [6.07, 6.45) is 5.15. The SMILES string of the molecule is CSCC[C@H](C)N1CCN(c2ncnc3ccccc23)CC1. The average Bonchev–Trinajstić information content (AvgIpc) is 2.59. The van der Waals surface area contributed by atoms with Gasteiger partial charge in [-0.25, -0.2) is 9.97 Å². The highest BCUT2D eigenvalue weighted by atomic mass is 32.2. The molecule has 1 atom stereocenters. The predicted molar refractivity (Wildman–Crippen MR) is 95.8 cm³/mol. The highest BCUT2D eigenvalue weighted by Gasteiger charge is 2.22. The Morgan fingerprint density at radius 1 is 1.14 bits per heavy atom. The maximum Gasteiger partial charge on any atom is 0.139 e. The van der Waals surface area contributed by atoms with Gasteiger partial charge >= 0.3 is 0 Å². The van der Waals surface area contributed by atoms with E-state index >= 15 is 0 Å². The van der Waals surface area contributed by atoms with Gasteiger partial charge in [0.15, 0.2) is 0 Å². The Morgan fingerprint density at radius 3 is 2.68 bits per heavy atom. The third kappa shape index (κ3) is 3.36. The van der Waals surface area contributed by atoms with Gasteiger partial charge in [0.2, 0.25) is 0 Å². The zero-order valence-electron chi connectivity index (χ0n) is 13.4. The summed E-state index contributed by atoms with van der Waals surface area (Å²) >= 11 is 1.94. The van der Waals surface area contributed by atoms with Crippen LogP contribution < -0.4 is 4.90 Å². The minimum atomic E-state index is 0.678. The van der Waals surface area contributed by atoms with Crippen LogP contribution in [-0.2, 0) is 0 Å². The normalized spacial score (nSPS) is 17.8. The van der Waals surface area contributed by atoms with E-state index in [1.165, 1.54) is 12.2 Å². The first-order valence-electron chi connectivity index (χ1n) is 7.97. The predicted octanol–water partition coefficient (Wildman–Crippen LogP) is 2.89. The Balaban J connectivity index is 1.68. The van der Waals surface area contributed by atoms with Crippen LogP contribution in [0, 0.1) is 0 Å². The molecule has 0 radical (unpaired) electrons. The van der Waals surface area contributed by atoms with Crippen molar-refractivity contribution < 1.29 is 0 Å². The van der Waals surface area contributed by atoms with Gasteiger partial charge < -0.3 is 4.90 Å². The van der Waals surface area contributed by atoms with Crippen molar-refractivity contribution in [1.29, 1.82) is 0 Å². The number of fused-ring (bicyclic) bond motifs is 1. The van der Waals surface area contributed by atoms with E-state index in [9.17, 15) is 0 Å². The first kappa shape index (κ1) is 15.6. The van der Waals surface area contributed by atoms with Crippen LogP contribution in [0.2, 0.25) is 0 Å². The largest absolute Gasteiger partial charge is 0.353 e. The van der Waals surface area contributed by atoms with Crippen LogP contribution in [0.1, 0.15) is 13.3 Å². The van der Waals surface area contributed by atoms with Crippen molar-refractivity contribution in [3.05, 3.63) is 30.6 Å². The molecule has 1 saturated heterocycles. The molecule has 0 unspecified atom stereocenters. The fraction of sp³-hybridized carbons (Fsp3) is 0.529. The van der Waals surface area contributed by atoms with Crippen molar-refractivity contribution >= 4 is 28.5 Å². The number of aromatic nitrogens is 2. The van der Waals surface area contributed by atoms with Crippen molar-refractivity contribution in [3.8, 4) is 0 Å². The summed E-state index contributed by atoms with van der Waals surface area (Å²) in [5.74, 6) is 2.33. The number of benzene rings is 1. The number of piperazine rings is 1. The number of hydrogen-bond donors (Lipinski definition) is 0. The van der Waals surface area contributed by atoms with Gasteiger partial charge in [0.25, 0.3) is 0 Å². The van der Waals surface area contributed by atoms with Crippen molar-refractivity contribution in [2.75, 3.05) is 43.1 Å². The Bertz CT molecular complexity index is 605. The summed E-state index contributed by atoms with van der Waals surface area (Å²) in [4.78, 5) is 13.9. The second-order valence-electron chi connectivity index (χ2n) is 5.87. The Labute approximate surface area is 136 Å².